The molecule has 0 spiro atoms. The normalized spacial score (nSPS) is 11.1. The molecule has 0 amide bonds. The first-order chi connectivity index (χ1) is 15.0. The Bertz CT molecular complexity index is 1280. The molecule has 0 bridgehead atoms. The van der Waals surface area contributed by atoms with E-state index in [2.05, 4.69) is 4.98 Å². The predicted molar refractivity (Wildman–Crippen MR) is 120 cm³/mol. The van der Waals surface area contributed by atoms with Crippen molar-refractivity contribution in [1.29, 1.82) is 0 Å². The van der Waals surface area contributed by atoms with Gasteiger partial charge in [0.15, 0.2) is 11.6 Å². The molecule has 7 heteroatoms. The highest BCUT2D eigenvalue weighted by Crippen LogP contribution is 2.33. The molecule has 0 saturated heterocycles. The molecule has 0 radical (unpaired) electrons. The minimum absolute atomic E-state index is 0.103. The van der Waals surface area contributed by atoms with E-state index < -0.39 is 11.6 Å². The van der Waals surface area contributed by atoms with Gasteiger partial charge in [-0.15, -0.1) is 11.3 Å². The van der Waals surface area contributed by atoms with Crippen LogP contribution < -0.4 is 5.56 Å². The monoisotopic (exact) mass is 436 g/mol. The van der Waals surface area contributed by atoms with E-state index in [9.17, 15) is 19.4 Å². The molecule has 2 aromatic heterocycles. The van der Waals surface area contributed by atoms with E-state index in [0.717, 1.165) is 16.5 Å². The summed E-state index contributed by atoms with van der Waals surface area (Å²) in [5, 5.41) is 19.7. The maximum absolute atomic E-state index is 14.0. The zero-order chi connectivity index (χ0) is 22.0. The molecule has 5 nitrogen and oxygen atoms in total. The smallest absolute Gasteiger partial charge is 0.262 e. The molecule has 158 valence electrons. The van der Waals surface area contributed by atoms with Crippen LogP contribution in [0.2, 0.25) is 0 Å². The summed E-state index contributed by atoms with van der Waals surface area (Å²) in [4.78, 5) is 19.7. The Morgan fingerprint density at radius 2 is 1.84 bits per heavy atom. The number of aliphatic hydroxyl groups excluding tert-OH is 1. The number of benzene rings is 2. The maximum Gasteiger partial charge on any atom is 0.262 e. The van der Waals surface area contributed by atoms with E-state index in [1.807, 2.05) is 30.3 Å². The molecule has 4 rings (SSSR count). The molecule has 0 unspecified atom stereocenters. The molecule has 2 N–H and O–H groups in total. The van der Waals surface area contributed by atoms with Crippen molar-refractivity contribution in [3.63, 3.8) is 0 Å². The number of aryl methyl sites for hydroxylation is 2. The first-order valence-electron chi connectivity index (χ1n) is 9.82. The Hall–Kier alpha value is -3.29. The number of thiophene rings is 1. The van der Waals surface area contributed by atoms with Crippen LogP contribution in [-0.4, -0.2) is 19.8 Å². The van der Waals surface area contributed by atoms with E-state index >= 15 is 0 Å². The summed E-state index contributed by atoms with van der Waals surface area (Å²) in [6.45, 7) is 1.93. The summed E-state index contributed by atoms with van der Waals surface area (Å²) >= 11 is 1.33. The van der Waals surface area contributed by atoms with E-state index in [-0.39, 0.29) is 23.6 Å². The van der Waals surface area contributed by atoms with E-state index in [1.54, 1.807) is 25.1 Å². The molecule has 0 aliphatic carbocycles. The van der Waals surface area contributed by atoms with Crippen molar-refractivity contribution in [2.24, 2.45) is 0 Å². The fourth-order valence-electron chi connectivity index (χ4n) is 3.54. The number of halogens is 1. The molecular formula is C24H21FN2O3S. The largest absolute Gasteiger partial charge is 0.504 e. The van der Waals surface area contributed by atoms with Gasteiger partial charge in [0.25, 0.3) is 5.56 Å². The first kappa shape index (κ1) is 21.0. The second-order valence-electron chi connectivity index (χ2n) is 7.15. The van der Waals surface area contributed by atoms with Gasteiger partial charge >= 0.3 is 0 Å². The summed E-state index contributed by atoms with van der Waals surface area (Å²) in [7, 11) is 0. The highest BCUT2D eigenvalue weighted by atomic mass is 32.1. The number of aliphatic hydroxyl groups is 1. The number of rotatable bonds is 6. The van der Waals surface area contributed by atoms with Gasteiger partial charge in [0.2, 0.25) is 0 Å². The molecule has 4 aromatic rings. The molecule has 0 fully saturated rings. The fourth-order valence-corrected chi connectivity index (χ4v) is 4.49. The molecule has 2 heterocycles. The van der Waals surface area contributed by atoms with Crippen LogP contribution in [-0.2, 0) is 19.6 Å². The SMILES string of the molecule is Cc1nc(-c2cccc(F)c2O)n(CCc2ccccc2)c(=O)c1-c1ccc(CO)s1. The summed E-state index contributed by atoms with van der Waals surface area (Å²) in [5.41, 5.74) is 1.86. The Morgan fingerprint density at radius 3 is 2.55 bits per heavy atom. The molecule has 0 saturated carbocycles. The lowest BCUT2D eigenvalue weighted by atomic mass is 10.1. The Morgan fingerprint density at radius 1 is 1.06 bits per heavy atom. The minimum atomic E-state index is -0.770. The second kappa shape index (κ2) is 8.83. The number of nitrogens with zero attached hydrogens (tertiary/aromatic N) is 2. The highest BCUT2D eigenvalue weighted by molar-refractivity contribution is 7.15. The third-order valence-corrected chi connectivity index (χ3v) is 6.20. The lowest BCUT2D eigenvalue weighted by molar-refractivity contribution is 0.285. The number of aromatic nitrogens is 2. The summed E-state index contributed by atoms with van der Waals surface area (Å²) in [6, 6.07) is 17.5. The van der Waals surface area contributed by atoms with Crippen LogP contribution in [0.1, 0.15) is 16.1 Å². The van der Waals surface area contributed by atoms with Gasteiger partial charge in [0.05, 0.1) is 23.4 Å². The van der Waals surface area contributed by atoms with Crippen LogP contribution in [0.4, 0.5) is 4.39 Å². The molecule has 2 aromatic carbocycles. The van der Waals surface area contributed by atoms with Crippen molar-refractivity contribution in [3.05, 3.63) is 93.0 Å². The van der Waals surface area contributed by atoms with E-state index in [4.69, 9.17) is 0 Å². The average molecular weight is 437 g/mol. The maximum atomic E-state index is 14.0. The van der Waals surface area contributed by atoms with Crippen molar-refractivity contribution >= 4 is 11.3 Å². The van der Waals surface area contributed by atoms with E-state index in [1.165, 1.54) is 22.0 Å². The van der Waals surface area contributed by atoms with E-state index in [0.29, 0.717) is 29.1 Å². The summed E-state index contributed by atoms with van der Waals surface area (Å²) < 4.78 is 15.5. The number of hydrogen-bond acceptors (Lipinski definition) is 5. The zero-order valence-corrected chi connectivity index (χ0v) is 17.7. The molecule has 0 aliphatic heterocycles. The van der Waals surface area contributed by atoms with Crippen LogP contribution in [0, 0.1) is 12.7 Å². The van der Waals surface area contributed by atoms with Crippen molar-refractivity contribution in [2.45, 2.75) is 26.5 Å². The zero-order valence-electron chi connectivity index (χ0n) is 16.9. The van der Waals surface area contributed by atoms with Crippen molar-refractivity contribution < 1.29 is 14.6 Å². The third-order valence-electron chi connectivity index (χ3n) is 5.11. The number of aromatic hydroxyl groups is 1. The van der Waals surface area contributed by atoms with Gasteiger partial charge in [-0.25, -0.2) is 9.37 Å². The van der Waals surface area contributed by atoms with Crippen LogP contribution in [0.25, 0.3) is 21.8 Å². The van der Waals surface area contributed by atoms with Crippen LogP contribution in [0.3, 0.4) is 0 Å². The first-order valence-corrected chi connectivity index (χ1v) is 10.6. The van der Waals surface area contributed by atoms with Gasteiger partial charge in [-0.05, 0) is 43.2 Å². The third kappa shape index (κ3) is 4.15. The van der Waals surface area contributed by atoms with Gasteiger partial charge in [-0.1, -0.05) is 36.4 Å². The average Bonchev–Trinajstić information content (AvgIpc) is 3.24. The molecule has 31 heavy (non-hydrogen) atoms. The van der Waals surface area contributed by atoms with Crippen LogP contribution >= 0.6 is 11.3 Å². The number of para-hydroxylation sites is 1. The number of hydrogen-bond donors (Lipinski definition) is 2. The molecule has 0 atom stereocenters. The standard InChI is InChI=1S/C24H21FN2O3S/c1-15-21(20-11-10-17(14-28)31-20)24(30)27(13-12-16-6-3-2-4-7-16)23(26-15)18-8-5-9-19(25)22(18)29/h2-11,28-29H,12-14H2,1H3. The van der Waals surface area contributed by atoms with Crippen molar-refractivity contribution in [3.8, 4) is 27.6 Å². The van der Waals surface area contributed by atoms with Gasteiger partial charge < -0.3 is 10.2 Å². The quantitative estimate of drug-likeness (QED) is 0.466. The Kier molecular flexibility index (Phi) is 5.97. The Balaban J connectivity index is 1.89. The molecular weight excluding hydrogens is 415 g/mol. The van der Waals surface area contributed by atoms with Gasteiger partial charge in [-0.2, -0.15) is 0 Å². The Labute approximate surface area is 182 Å². The second-order valence-corrected chi connectivity index (χ2v) is 8.32. The minimum Gasteiger partial charge on any atom is -0.504 e. The van der Waals surface area contributed by atoms with Crippen LogP contribution in [0.15, 0.2) is 65.5 Å². The lowest BCUT2D eigenvalue weighted by Crippen LogP contribution is -2.27. The van der Waals surface area contributed by atoms with Crippen molar-refractivity contribution in [1.82, 2.24) is 9.55 Å². The predicted octanol–water partition coefficient (Wildman–Crippen LogP) is 4.53. The molecule has 0 aliphatic rings. The van der Waals surface area contributed by atoms with Gasteiger partial charge in [0, 0.05) is 16.3 Å². The van der Waals surface area contributed by atoms with Crippen molar-refractivity contribution in [2.75, 3.05) is 0 Å². The van der Waals surface area contributed by atoms with Gasteiger partial charge in [-0.3, -0.25) is 9.36 Å². The topological polar surface area (TPSA) is 75.4 Å². The number of phenols is 1. The van der Waals surface area contributed by atoms with Gasteiger partial charge in [0.1, 0.15) is 5.82 Å². The van der Waals surface area contributed by atoms with Crippen LogP contribution in [0.5, 0.6) is 5.75 Å². The fraction of sp³-hybridized carbons (Fsp3) is 0.167. The highest BCUT2D eigenvalue weighted by Gasteiger charge is 2.21. The lowest BCUT2D eigenvalue weighted by Gasteiger charge is -2.16. The number of phenolic OH excluding ortho intramolecular Hbond substituents is 1. The summed E-state index contributed by atoms with van der Waals surface area (Å²) in [5.74, 6) is -1.08. The summed E-state index contributed by atoms with van der Waals surface area (Å²) in [6.07, 6.45) is 0.570.